The van der Waals surface area contributed by atoms with Crippen LogP contribution in [0.4, 0.5) is 5.69 Å². The number of rotatable bonds is 4. The first-order valence-electron chi connectivity index (χ1n) is 5.56. The van der Waals surface area contributed by atoms with Crippen molar-refractivity contribution in [3.05, 3.63) is 30.3 Å². The minimum atomic E-state index is 0.339. The highest BCUT2D eigenvalue weighted by Crippen LogP contribution is 2.17. The Kier molecular flexibility index (Phi) is 4.51. The molecule has 1 heterocycles. The highest BCUT2D eigenvalue weighted by atomic mass is 32.2. The van der Waals surface area contributed by atoms with E-state index in [1.807, 2.05) is 17.8 Å². The van der Waals surface area contributed by atoms with Crippen LogP contribution in [0, 0.1) is 0 Å². The van der Waals surface area contributed by atoms with Crippen LogP contribution in [0.25, 0.3) is 0 Å². The summed E-state index contributed by atoms with van der Waals surface area (Å²) in [6.07, 6.45) is 2.13. The van der Waals surface area contributed by atoms with E-state index in [0.717, 1.165) is 26.3 Å². The van der Waals surface area contributed by atoms with Gasteiger partial charge in [-0.15, -0.1) is 11.8 Å². The molecule has 0 aromatic heterocycles. The lowest BCUT2D eigenvalue weighted by Gasteiger charge is -2.34. The monoisotopic (exact) mass is 238 g/mol. The van der Waals surface area contributed by atoms with E-state index >= 15 is 0 Å². The molecular formula is C12H18N2OS. The average Bonchev–Trinajstić information content (AvgIpc) is 2.38. The highest BCUT2D eigenvalue weighted by Gasteiger charge is 2.19. The van der Waals surface area contributed by atoms with Crippen LogP contribution < -0.4 is 5.32 Å². The molecule has 1 aromatic carbocycles. The van der Waals surface area contributed by atoms with E-state index < -0.39 is 0 Å². The smallest absolute Gasteiger partial charge is 0.128 e. The van der Waals surface area contributed by atoms with E-state index in [9.17, 15) is 0 Å². The molecule has 4 heteroatoms. The van der Waals surface area contributed by atoms with Crippen molar-refractivity contribution in [1.82, 2.24) is 4.90 Å². The molecule has 16 heavy (non-hydrogen) atoms. The summed E-state index contributed by atoms with van der Waals surface area (Å²) in [5.74, 6) is 0. The van der Waals surface area contributed by atoms with Gasteiger partial charge in [0.2, 0.25) is 0 Å². The third-order valence-electron chi connectivity index (χ3n) is 2.66. The minimum absolute atomic E-state index is 0.339. The van der Waals surface area contributed by atoms with Crippen LogP contribution in [0.5, 0.6) is 0 Å². The number of anilines is 1. The molecule has 2 rings (SSSR count). The SMILES string of the molecule is CS[C@@H](Nc1ccccc1)N1CCOCC1. The van der Waals surface area contributed by atoms with Gasteiger partial charge in [-0.1, -0.05) is 18.2 Å². The molecule has 0 bridgehead atoms. The summed E-state index contributed by atoms with van der Waals surface area (Å²) in [7, 11) is 0. The quantitative estimate of drug-likeness (QED) is 0.812. The van der Waals surface area contributed by atoms with Crippen molar-refractivity contribution in [2.24, 2.45) is 0 Å². The number of thioether (sulfide) groups is 1. The van der Waals surface area contributed by atoms with Crippen molar-refractivity contribution in [2.75, 3.05) is 37.9 Å². The third-order valence-corrected chi connectivity index (χ3v) is 3.53. The molecule has 1 aromatic rings. The van der Waals surface area contributed by atoms with Crippen molar-refractivity contribution in [2.45, 2.75) is 5.50 Å². The maximum Gasteiger partial charge on any atom is 0.128 e. The summed E-state index contributed by atoms with van der Waals surface area (Å²) in [5, 5.41) is 3.53. The predicted molar refractivity (Wildman–Crippen MR) is 69.8 cm³/mol. The number of nitrogens with zero attached hydrogens (tertiary/aromatic N) is 1. The molecule has 0 radical (unpaired) electrons. The van der Waals surface area contributed by atoms with Crippen molar-refractivity contribution < 1.29 is 4.74 Å². The number of benzene rings is 1. The lowest BCUT2D eigenvalue weighted by atomic mass is 10.3. The van der Waals surface area contributed by atoms with E-state index in [1.54, 1.807) is 0 Å². The molecule has 0 spiro atoms. The summed E-state index contributed by atoms with van der Waals surface area (Å²) in [6.45, 7) is 3.69. The maximum absolute atomic E-state index is 5.37. The standard InChI is InChI=1S/C12H18N2OS/c1-16-12(14-7-9-15-10-8-14)13-11-5-3-2-4-6-11/h2-6,12-13H,7-10H2,1H3/t12-/m0/s1. The number of para-hydroxylation sites is 1. The maximum atomic E-state index is 5.37. The van der Waals surface area contributed by atoms with Crippen molar-refractivity contribution in [3.8, 4) is 0 Å². The van der Waals surface area contributed by atoms with Gasteiger partial charge in [-0.05, 0) is 18.4 Å². The van der Waals surface area contributed by atoms with Gasteiger partial charge in [-0.25, -0.2) is 0 Å². The highest BCUT2D eigenvalue weighted by molar-refractivity contribution is 7.99. The molecule has 0 aliphatic carbocycles. The lowest BCUT2D eigenvalue weighted by molar-refractivity contribution is 0.0363. The Balaban J connectivity index is 1.94. The van der Waals surface area contributed by atoms with E-state index in [-0.39, 0.29) is 0 Å². The Morgan fingerprint density at radius 1 is 1.25 bits per heavy atom. The minimum Gasteiger partial charge on any atom is -0.379 e. The zero-order valence-electron chi connectivity index (χ0n) is 9.56. The van der Waals surface area contributed by atoms with Crippen LogP contribution in [0.1, 0.15) is 0 Å². The van der Waals surface area contributed by atoms with Gasteiger partial charge >= 0.3 is 0 Å². The summed E-state index contributed by atoms with van der Waals surface area (Å²) >= 11 is 1.83. The Morgan fingerprint density at radius 3 is 2.56 bits per heavy atom. The fourth-order valence-electron chi connectivity index (χ4n) is 1.79. The first kappa shape index (κ1) is 11.8. The number of hydrogen-bond acceptors (Lipinski definition) is 4. The summed E-state index contributed by atoms with van der Waals surface area (Å²) < 4.78 is 5.37. The predicted octanol–water partition coefficient (Wildman–Crippen LogP) is 2.08. The van der Waals surface area contributed by atoms with Crippen LogP contribution in [0.15, 0.2) is 30.3 Å². The topological polar surface area (TPSA) is 24.5 Å². The Morgan fingerprint density at radius 2 is 1.94 bits per heavy atom. The van der Waals surface area contributed by atoms with Gasteiger partial charge in [0.15, 0.2) is 0 Å². The van der Waals surface area contributed by atoms with Gasteiger partial charge in [0.05, 0.1) is 13.2 Å². The van der Waals surface area contributed by atoms with E-state index in [2.05, 4.69) is 40.7 Å². The molecule has 1 aliphatic rings. The van der Waals surface area contributed by atoms with Crippen molar-refractivity contribution in [1.29, 1.82) is 0 Å². The third kappa shape index (κ3) is 3.14. The van der Waals surface area contributed by atoms with Crippen LogP contribution >= 0.6 is 11.8 Å². The van der Waals surface area contributed by atoms with Crippen molar-refractivity contribution in [3.63, 3.8) is 0 Å². The summed E-state index contributed by atoms with van der Waals surface area (Å²) in [6, 6.07) is 10.3. The van der Waals surface area contributed by atoms with E-state index in [1.165, 1.54) is 5.69 Å². The largest absolute Gasteiger partial charge is 0.379 e. The van der Waals surface area contributed by atoms with Gasteiger partial charge in [0.25, 0.3) is 0 Å². The molecule has 1 saturated heterocycles. The lowest BCUT2D eigenvalue weighted by Crippen LogP contribution is -2.45. The number of ether oxygens (including phenoxy) is 1. The van der Waals surface area contributed by atoms with Crippen LogP contribution in [0.3, 0.4) is 0 Å². The second-order valence-electron chi connectivity index (χ2n) is 3.75. The van der Waals surface area contributed by atoms with Gasteiger partial charge in [-0.2, -0.15) is 0 Å². The Labute approximate surface area is 101 Å². The molecule has 1 fully saturated rings. The zero-order valence-corrected chi connectivity index (χ0v) is 10.4. The Bertz CT molecular complexity index is 301. The normalized spacial score (nSPS) is 19.3. The number of hydrogen-bond donors (Lipinski definition) is 1. The van der Waals surface area contributed by atoms with Crippen molar-refractivity contribution >= 4 is 17.4 Å². The zero-order chi connectivity index (χ0) is 11.2. The van der Waals surface area contributed by atoms with Crippen LogP contribution in [0.2, 0.25) is 0 Å². The van der Waals surface area contributed by atoms with Crippen LogP contribution in [-0.2, 0) is 4.74 Å². The molecule has 3 nitrogen and oxygen atoms in total. The van der Waals surface area contributed by atoms with E-state index in [4.69, 9.17) is 4.74 Å². The van der Waals surface area contributed by atoms with Crippen LogP contribution in [-0.4, -0.2) is 43.0 Å². The summed E-state index contributed by atoms with van der Waals surface area (Å²) in [4.78, 5) is 2.42. The molecular weight excluding hydrogens is 220 g/mol. The number of nitrogens with one attached hydrogen (secondary N) is 1. The summed E-state index contributed by atoms with van der Waals surface area (Å²) in [5.41, 5.74) is 1.51. The van der Waals surface area contributed by atoms with E-state index in [0.29, 0.717) is 5.50 Å². The fourth-order valence-corrected chi connectivity index (χ4v) is 2.55. The molecule has 1 atom stereocenters. The average molecular weight is 238 g/mol. The van der Waals surface area contributed by atoms with Gasteiger partial charge < -0.3 is 10.1 Å². The molecule has 0 saturated carbocycles. The number of morpholine rings is 1. The molecule has 1 N–H and O–H groups in total. The molecule has 88 valence electrons. The van der Waals surface area contributed by atoms with Gasteiger partial charge in [-0.3, -0.25) is 4.90 Å². The molecule has 1 aliphatic heterocycles. The molecule has 0 unspecified atom stereocenters. The Hall–Kier alpha value is -0.710. The van der Waals surface area contributed by atoms with Gasteiger partial charge in [0.1, 0.15) is 5.50 Å². The fraction of sp³-hybridized carbons (Fsp3) is 0.500. The first-order valence-corrected chi connectivity index (χ1v) is 6.85. The first-order chi connectivity index (χ1) is 7.90. The van der Waals surface area contributed by atoms with Gasteiger partial charge in [0, 0.05) is 18.8 Å². The second-order valence-corrected chi connectivity index (χ2v) is 4.66. The molecule has 0 amide bonds. The second kappa shape index (κ2) is 6.13.